The molecule has 0 aromatic carbocycles. The summed E-state index contributed by atoms with van der Waals surface area (Å²) in [4.78, 5) is 60.5. The number of hydrogen-bond donors (Lipinski definition) is 3. The van der Waals surface area contributed by atoms with Crippen LogP contribution in [0.2, 0.25) is 0 Å². The number of fused-ring (bicyclic) bond motifs is 1. The van der Waals surface area contributed by atoms with Crippen molar-refractivity contribution in [3.05, 3.63) is 28.7 Å². The summed E-state index contributed by atoms with van der Waals surface area (Å²) in [5, 5.41) is 15.9. The highest BCUT2D eigenvalue weighted by Crippen LogP contribution is 2.42. The van der Waals surface area contributed by atoms with E-state index in [9.17, 15) is 24.4 Å². The fraction of sp³-hybridized carbons (Fsp3) is 0.429. The molecule has 2 aromatic rings. The van der Waals surface area contributed by atoms with Crippen LogP contribution in [-0.4, -0.2) is 83.6 Å². The van der Waals surface area contributed by atoms with Gasteiger partial charge >= 0.3 is 11.9 Å². The van der Waals surface area contributed by atoms with E-state index in [1.54, 1.807) is 20.8 Å². The molecule has 0 aliphatic carbocycles. The number of nitrogens with one attached hydrogen (secondary N) is 1. The number of amides is 2. The van der Waals surface area contributed by atoms with Crippen molar-refractivity contribution in [2.45, 2.75) is 36.5 Å². The summed E-state index contributed by atoms with van der Waals surface area (Å²) in [6.07, 6.45) is 1.42. The molecule has 4 N–H and O–H groups in total. The fourth-order valence-corrected chi connectivity index (χ4v) is 6.88. The maximum absolute atomic E-state index is 13.2. The summed E-state index contributed by atoms with van der Waals surface area (Å²) < 4.78 is 14.9. The smallest absolute Gasteiger partial charge is 0.357 e. The van der Waals surface area contributed by atoms with Gasteiger partial charge in [0.1, 0.15) is 29.1 Å². The summed E-state index contributed by atoms with van der Waals surface area (Å²) in [6, 6.07) is -1.01. The van der Waals surface area contributed by atoms with Crippen molar-refractivity contribution in [1.82, 2.24) is 24.6 Å². The van der Waals surface area contributed by atoms with E-state index in [2.05, 4.69) is 24.8 Å². The Morgan fingerprint density at radius 3 is 2.72 bits per heavy atom. The van der Waals surface area contributed by atoms with Crippen molar-refractivity contribution in [3.63, 3.8) is 0 Å². The summed E-state index contributed by atoms with van der Waals surface area (Å²) in [6.45, 7) is 4.36. The molecule has 2 aromatic heterocycles. The van der Waals surface area contributed by atoms with Gasteiger partial charge in [0.25, 0.3) is 11.8 Å². The number of oxime groups is 1. The van der Waals surface area contributed by atoms with Gasteiger partial charge < -0.3 is 25.7 Å². The van der Waals surface area contributed by atoms with Crippen molar-refractivity contribution in [1.29, 1.82) is 0 Å². The standard InChI is InChI=1S/C21H23N7O7S4/c1-21(2,3)18(32)35-8-34-17(31)13-9(5-38-20-23-7-24-39-20)4-36-16-12(15(30)28(13)16)26-14(29)11(27-33)10-6-37-19(22)25-10/h6-7,12,16,33H,4-5,8H2,1-3H3,(H2,22,25)(H,26,29)/t12?,16-/m1/s1. The van der Waals surface area contributed by atoms with E-state index in [4.69, 9.17) is 15.2 Å². The van der Waals surface area contributed by atoms with Crippen molar-refractivity contribution in [2.24, 2.45) is 10.6 Å². The van der Waals surface area contributed by atoms with Gasteiger partial charge in [0, 0.05) is 16.9 Å². The fourth-order valence-electron chi connectivity index (χ4n) is 3.40. The molecular weight excluding hydrogens is 591 g/mol. The molecule has 2 aliphatic rings. The molecule has 18 heteroatoms. The third-order valence-electron chi connectivity index (χ3n) is 5.31. The van der Waals surface area contributed by atoms with Crippen LogP contribution in [0.3, 0.4) is 0 Å². The molecule has 1 unspecified atom stereocenters. The molecule has 0 saturated carbocycles. The Balaban J connectivity index is 1.49. The van der Waals surface area contributed by atoms with Crippen molar-refractivity contribution < 1.29 is 33.9 Å². The molecule has 1 saturated heterocycles. The van der Waals surface area contributed by atoms with Gasteiger partial charge in [-0.15, -0.1) is 23.1 Å². The second kappa shape index (κ2) is 11.9. The van der Waals surface area contributed by atoms with Crippen LogP contribution >= 0.6 is 46.4 Å². The zero-order valence-electron chi connectivity index (χ0n) is 20.8. The van der Waals surface area contributed by atoms with E-state index in [1.165, 1.54) is 51.7 Å². The molecule has 2 amide bonds. The summed E-state index contributed by atoms with van der Waals surface area (Å²) in [7, 11) is 0. The minimum atomic E-state index is -1.01. The van der Waals surface area contributed by atoms with Gasteiger partial charge in [0.15, 0.2) is 15.2 Å². The van der Waals surface area contributed by atoms with E-state index in [1.807, 2.05) is 0 Å². The topological polar surface area (TPSA) is 199 Å². The third-order valence-corrected chi connectivity index (χ3v) is 9.21. The van der Waals surface area contributed by atoms with Gasteiger partial charge in [-0.2, -0.15) is 4.37 Å². The first-order valence-electron chi connectivity index (χ1n) is 11.2. The number of anilines is 1. The van der Waals surface area contributed by atoms with E-state index in [0.29, 0.717) is 21.4 Å². The number of β-lactam (4-membered cyclic amide) rings is 1. The van der Waals surface area contributed by atoms with Gasteiger partial charge in [0.05, 0.1) is 5.41 Å². The first-order valence-corrected chi connectivity index (χ1v) is 14.8. The summed E-state index contributed by atoms with van der Waals surface area (Å²) >= 11 is 4.94. The predicted octanol–water partition coefficient (Wildman–Crippen LogP) is 1.29. The van der Waals surface area contributed by atoms with Crippen molar-refractivity contribution in [3.8, 4) is 0 Å². The second-order valence-corrected chi connectivity index (χ2v) is 13.1. The number of nitrogen functional groups attached to an aromatic ring is 1. The maximum Gasteiger partial charge on any atom is 0.357 e. The summed E-state index contributed by atoms with van der Waals surface area (Å²) in [5.41, 5.74) is 5.08. The zero-order chi connectivity index (χ0) is 28.3. The molecule has 0 bridgehead atoms. The molecule has 0 radical (unpaired) electrons. The molecule has 14 nitrogen and oxygen atoms in total. The molecule has 2 atom stereocenters. The van der Waals surface area contributed by atoms with E-state index >= 15 is 0 Å². The Hall–Kier alpha value is -3.22. The molecule has 4 rings (SSSR count). The number of hydrogen-bond acceptors (Lipinski definition) is 16. The van der Waals surface area contributed by atoms with Crippen LogP contribution < -0.4 is 11.1 Å². The first-order chi connectivity index (χ1) is 18.5. The van der Waals surface area contributed by atoms with Gasteiger partial charge in [-0.25, -0.2) is 14.8 Å². The van der Waals surface area contributed by atoms with Crippen molar-refractivity contribution >= 4 is 81.0 Å². The molecule has 1 fully saturated rings. The lowest BCUT2D eigenvalue weighted by atomic mass is 9.98. The average molecular weight is 614 g/mol. The Morgan fingerprint density at radius 2 is 2.10 bits per heavy atom. The minimum absolute atomic E-state index is 0.0152. The van der Waals surface area contributed by atoms with Crippen LogP contribution in [0.5, 0.6) is 0 Å². The van der Waals surface area contributed by atoms with Gasteiger partial charge in [0.2, 0.25) is 6.79 Å². The van der Waals surface area contributed by atoms with Crippen LogP contribution in [0.25, 0.3) is 0 Å². The number of esters is 2. The predicted molar refractivity (Wildman–Crippen MR) is 144 cm³/mol. The number of thiazole rings is 1. The highest BCUT2D eigenvalue weighted by Gasteiger charge is 2.54. The largest absolute Gasteiger partial charge is 0.427 e. The SMILES string of the molecule is CC(C)(C)C(=O)OCOC(=O)C1=C(CSc2ncns2)CS[C@@H]2C(NC(=O)C(=NO)c3csc(N)n3)C(=O)N12. The highest BCUT2D eigenvalue weighted by atomic mass is 32.2. The Bertz CT molecular complexity index is 1340. The van der Waals surface area contributed by atoms with Crippen LogP contribution in [0.15, 0.2) is 32.5 Å². The molecule has 0 spiro atoms. The number of carbonyl (C=O) groups is 4. The van der Waals surface area contributed by atoms with Gasteiger partial charge in [-0.1, -0.05) is 16.9 Å². The molecule has 208 valence electrons. The number of nitrogens with zero attached hydrogens (tertiary/aromatic N) is 5. The Labute approximate surface area is 238 Å². The number of aromatic nitrogens is 3. The van der Waals surface area contributed by atoms with Gasteiger partial charge in [-0.05, 0) is 37.9 Å². The van der Waals surface area contributed by atoms with Crippen LogP contribution in [0.1, 0.15) is 26.5 Å². The van der Waals surface area contributed by atoms with E-state index in [-0.39, 0.29) is 16.5 Å². The molecular formula is C21H23N7O7S4. The maximum atomic E-state index is 13.2. The monoisotopic (exact) mass is 613 g/mol. The molecule has 2 aliphatic heterocycles. The normalized spacial score (nSPS) is 19.3. The first kappa shape index (κ1) is 28.8. The molecule has 39 heavy (non-hydrogen) atoms. The van der Waals surface area contributed by atoms with E-state index in [0.717, 1.165) is 11.3 Å². The lowest BCUT2D eigenvalue weighted by Crippen LogP contribution is -2.71. The average Bonchev–Trinajstić information content (AvgIpc) is 3.57. The number of rotatable bonds is 9. The number of thioether (sulfide) groups is 2. The Kier molecular flexibility index (Phi) is 8.77. The lowest BCUT2D eigenvalue weighted by molar-refractivity contribution is -0.173. The summed E-state index contributed by atoms with van der Waals surface area (Å²) in [5.74, 6) is -2.12. The molecule has 4 heterocycles. The van der Waals surface area contributed by atoms with Gasteiger partial charge in [-0.3, -0.25) is 19.3 Å². The van der Waals surface area contributed by atoms with Crippen molar-refractivity contribution in [2.75, 3.05) is 24.0 Å². The highest BCUT2D eigenvalue weighted by molar-refractivity contribution is 8.01. The lowest BCUT2D eigenvalue weighted by Gasteiger charge is -2.49. The second-order valence-electron chi connectivity index (χ2n) is 9.06. The Morgan fingerprint density at radius 1 is 1.33 bits per heavy atom. The minimum Gasteiger partial charge on any atom is -0.427 e. The third kappa shape index (κ3) is 6.34. The van der Waals surface area contributed by atoms with Crippen LogP contribution in [-0.2, 0) is 28.7 Å². The number of nitrogens with two attached hydrogens (primary N) is 1. The quantitative estimate of drug-likeness (QED) is 0.0696. The van der Waals surface area contributed by atoms with E-state index < -0.39 is 53.1 Å². The van der Waals surface area contributed by atoms with Crippen LogP contribution in [0, 0.1) is 5.41 Å². The number of carbonyl (C=O) groups excluding carboxylic acids is 4. The number of ether oxygens (including phenoxy) is 2. The zero-order valence-corrected chi connectivity index (χ0v) is 24.0. The van der Waals surface area contributed by atoms with Crippen LogP contribution in [0.4, 0.5) is 5.13 Å².